The number of nitrogens with one attached hydrogen (secondary N) is 2. The molecular weight excluding hydrogens is 300 g/mol. The fraction of sp³-hybridized carbons (Fsp3) is 0.579. The van der Waals surface area contributed by atoms with Crippen LogP contribution in [0.15, 0.2) is 35.3 Å². The van der Waals surface area contributed by atoms with Gasteiger partial charge in [0.15, 0.2) is 5.96 Å². The van der Waals surface area contributed by atoms with Crippen LogP contribution in [0.1, 0.15) is 44.6 Å². The number of benzene rings is 1. The van der Waals surface area contributed by atoms with Gasteiger partial charge in [0.2, 0.25) is 5.91 Å². The lowest BCUT2D eigenvalue weighted by atomic mass is 9.98. The minimum atomic E-state index is 0.235. The number of amides is 1. The Balaban J connectivity index is 1.72. The quantitative estimate of drug-likeness (QED) is 0.622. The Kier molecular flexibility index (Phi) is 7.09. The van der Waals surface area contributed by atoms with Crippen LogP contribution in [0.2, 0.25) is 0 Å². The molecule has 2 rings (SSSR count). The number of carbonyl (C=O) groups is 1. The summed E-state index contributed by atoms with van der Waals surface area (Å²) in [6.07, 6.45) is 2.61. The fourth-order valence-electron chi connectivity index (χ4n) is 3.07. The summed E-state index contributed by atoms with van der Waals surface area (Å²) in [5, 5.41) is 6.82. The number of likely N-dealkylation sites (tertiary alicyclic amines) is 1. The number of nitrogens with zero attached hydrogens (tertiary/aromatic N) is 2. The molecule has 1 aromatic carbocycles. The predicted molar refractivity (Wildman–Crippen MR) is 99.2 cm³/mol. The van der Waals surface area contributed by atoms with Crippen LogP contribution in [0.4, 0.5) is 0 Å². The molecule has 24 heavy (non-hydrogen) atoms. The molecule has 2 N–H and O–H groups in total. The monoisotopic (exact) mass is 330 g/mol. The molecule has 0 saturated carbocycles. The van der Waals surface area contributed by atoms with Crippen molar-refractivity contribution in [3.05, 3.63) is 35.9 Å². The van der Waals surface area contributed by atoms with Crippen molar-refractivity contribution in [3.8, 4) is 0 Å². The summed E-state index contributed by atoms with van der Waals surface area (Å²) in [6.45, 7) is 6.65. The second kappa shape index (κ2) is 9.30. The second-order valence-electron chi connectivity index (χ2n) is 6.42. The molecule has 1 fully saturated rings. The van der Waals surface area contributed by atoms with Gasteiger partial charge in [0, 0.05) is 39.1 Å². The first-order valence-corrected chi connectivity index (χ1v) is 8.94. The molecule has 1 heterocycles. The zero-order chi connectivity index (χ0) is 17.4. The van der Waals surface area contributed by atoms with E-state index in [2.05, 4.69) is 52.9 Å². The van der Waals surface area contributed by atoms with Crippen molar-refractivity contribution in [1.82, 2.24) is 15.5 Å². The molecule has 1 aromatic rings. The normalized spacial score (nSPS) is 19.2. The van der Waals surface area contributed by atoms with E-state index >= 15 is 0 Å². The van der Waals surface area contributed by atoms with Gasteiger partial charge >= 0.3 is 0 Å². The molecule has 0 aromatic heterocycles. The maximum atomic E-state index is 11.7. The van der Waals surface area contributed by atoms with Crippen molar-refractivity contribution in [2.75, 3.05) is 26.7 Å². The molecule has 1 aliphatic rings. The van der Waals surface area contributed by atoms with Gasteiger partial charge in [-0.25, -0.2) is 0 Å². The molecule has 1 aliphatic heterocycles. The number of hydrogen-bond donors (Lipinski definition) is 2. The summed E-state index contributed by atoms with van der Waals surface area (Å²) in [7, 11) is 1.79. The zero-order valence-corrected chi connectivity index (χ0v) is 15.1. The zero-order valence-electron chi connectivity index (χ0n) is 15.1. The van der Waals surface area contributed by atoms with Crippen LogP contribution in [0, 0.1) is 0 Å². The van der Waals surface area contributed by atoms with Gasteiger partial charge in [-0.3, -0.25) is 9.79 Å². The average Bonchev–Trinajstić information content (AvgIpc) is 3.09. The third kappa shape index (κ3) is 5.25. The first-order chi connectivity index (χ1) is 11.6. The highest BCUT2D eigenvalue weighted by atomic mass is 16.2. The Labute approximate surface area is 145 Å². The maximum Gasteiger partial charge on any atom is 0.222 e. The van der Waals surface area contributed by atoms with Crippen LogP contribution in [0.3, 0.4) is 0 Å². The van der Waals surface area contributed by atoms with Crippen molar-refractivity contribution in [3.63, 3.8) is 0 Å². The smallest absolute Gasteiger partial charge is 0.222 e. The molecule has 0 aliphatic carbocycles. The van der Waals surface area contributed by atoms with Crippen LogP contribution in [-0.4, -0.2) is 49.5 Å². The van der Waals surface area contributed by atoms with Gasteiger partial charge in [-0.15, -0.1) is 0 Å². The largest absolute Gasteiger partial charge is 0.356 e. The van der Waals surface area contributed by atoms with Crippen molar-refractivity contribution in [1.29, 1.82) is 0 Å². The Morgan fingerprint density at radius 3 is 2.79 bits per heavy atom. The van der Waals surface area contributed by atoms with Crippen LogP contribution in [0.25, 0.3) is 0 Å². The highest BCUT2D eigenvalue weighted by Gasteiger charge is 2.25. The van der Waals surface area contributed by atoms with Gasteiger partial charge < -0.3 is 15.5 Å². The average molecular weight is 330 g/mol. The van der Waals surface area contributed by atoms with Gasteiger partial charge in [-0.1, -0.05) is 44.2 Å². The first-order valence-electron chi connectivity index (χ1n) is 8.94. The Morgan fingerprint density at radius 2 is 2.12 bits per heavy atom. The summed E-state index contributed by atoms with van der Waals surface area (Å²) < 4.78 is 0. The minimum absolute atomic E-state index is 0.235. The summed E-state index contributed by atoms with van der Waals surface area (Å²) in [4.78, 5) is 18.0. The second-order valence-corrected chi connectivity index (χ2v) is 6.42. The summed E-state index contributed by atoms with van der Waals surface area (Å²) in [5.41, 5.74) is 1.37. The van der Waals surface area contributed by atoms with E-state index in [4.69, 9.17) is 0 Å². The van der Waals surface area contributed by atoms with Crippen molar-refractivity contribution >= 4 is 11.9 Å². The predicted octanol–water partition coefficient (Wildman–Crippen LogP) is 2.36. The van der Waals surface area contributed by atoms with Gasteiger partial charge in [0.25, 0.3) is 0 Å². The van der Waals surface area contributed by atoms with Crippen LogP contribution < -0.4 is 10.6 Å². The van der Waals surface area contributed by atoms with Gasteiger partial charge in [-0.2, -0.15) is 0 Å². The molecule has 1 saturated heterocycles. The maximum absolute atomic E-state index is 11.7. The molecule has 2 atom stereocenters. The molecule has 0 bridgehead atoms. The molecule has 0 radical (unpaired) electrons. The van der Waals surface area contributed by atoms with E-state index in [0.29, 0.717) is 18.4 Å². The van der Waals surface area contributed by atoms with Gasteiger partial charge in [-0.05, 0) is 24.3 Å². The molecular formula is C19H30N4O. The van der Waals surface area contributed by atoms with E-state index in [1.54, 1.807) is 7.05 Å². The number of carbonyl (C=O) groups excluding carboxylic acids is 1. The lowest BCUT2D eigenvalue weighted by Crippen LogP contribution is -2.45. The standard InChI is InChI=1S/C19H30N4O/c1-4-18(24)23-13-11-17(14-23)22-19(20-3)21-12-10-15(2)16-8-6-5-7-9-16/h5-9,15,17H,4,10-14H2,1-3H3,(H2,20,21,22). The summed E-state index contributed by atoms with van der Waals surface area (Å²) >= 11 is 0. The van der Waals surface area contributed by atoms with E-state index in [0.717, 1.165) is 38.4 Å². The SMILES string of the molecule is CCC(=O)N1CCC(NC(=NC)NCCC(C)c2ccccc2)C1. The van der Waals surface area contributed by atoms with Crippen LogP contribution >= 0.6 is 0 Å². The Bertz CT molecular complexity index is 544. The lowest BCUT2D eigenvalue weighted by molar-refractivity contribution is -0.129. The highest BCUT2D eigenvalue weighted by molar-refractivity contribution is 5.80. The van der Waals surface area contributed by atoms with Crippen molar-refractivity contribution < 1.29 is 4.79 Å². The van der Waals surface area contributed by atoms with Gasteiger partial charge in [0.1, 0.15) is 0 Å². The summed E-state index contributed by atoms with van der Waals surface area (Å²) in [5.74, 6) is 1.57. The van der Waals surface area contributed by atoms with Crippen molar-refractivity contribution in [2.24, 2.45) is 4.99 Å². The Hall–Kier alpha value is -2.04. The van der Waals surface area contributed by atoms with E-state index in [1.807, 2.05) is 11.8 Å². The molecule has 2 unspecified atom stereocenters. The van der Waals surface area contributed by atoms with E-state index in [-0.39, 0.29) is 5.91 Å². The Morgan fingerprint density at radius 1 is 1.38 bits per heavy atom. The topological polar surface area (TPSA) is 56.7 Å². The van der Waals surface area contributed by atoms with E-state index < -0.39 is 0 Å². The van der Waals surface area contributed by atoms with E-state index in [9.17, 15) is 4.79 Å². The highest BCUT2D eigenvalue weighted by Crippen LogP contribution is 2.17. The first kappa shape index (κ1) is 18.3. The molecule has 5 heteroatoms. The molecule has 1 amide bonds. The molecule has 5 nitrogen and oxygen atoms in total. The number of guanidine groups is 1. The van der Waals surface area contributed by atoms with Crippen LogP contribution in [0.5, 0.6) is 0 Å². The number of rotatable bonds is 6. The van der Waals surface area contributed by atoms with Gasteiger partial charge in [0.05, 0.1) is 0 Å². The van der Waals surface area contributed by atoms with Crippen molar-refractivity contribution in [2.45, 2.75) is 45.1 Å². The third-order valence-corrected chi connectivity index (χ3v) is 4.65. The number of hydrogen-bond acceptors (Lipinski definition) is 2. The van der Waals surface area contributed by atoms with E-state index in [1.165, 1.54) is 5.56 Å². The minimum Gasteiger partial charge on any atom is -0.356 e. The fourth-order valence-corrected chi connectivity index (χ4v) is 3.07. The van der Waals surface area contributed by atoms with Crippen LogP contribution in [-0.2, 0) is 4.79 Å². The molecule has 132 valence electrons. The number of aliphatic imine (C=N–C) groups is 1. The third-order valence-electron chi connectivity index (χ3n) is 4.65. The molecule has 0 spiro atoms. The summed E-state index contributed by atoms with van der Waals surface area (Å²) in [6, 6.07) is 10.9. The lowest BCUT2D eigenvalue weighted by Gasteiger charge is -2.19.